The number of aliphatic hydroxyl groups excluding tert-OH is 1. The highest BCUT2D eigenvalue weighted by Gasteiger charge is 2.16. The van der Waals surface area contributed by atoms with Crippen molar-refractivity contribution in [1.82, 2.24) is 0 Å². The lowest BCUT2D eigenvalue weighted by Crippen LogP contribution is -2.28. The first-order valence-corrected chi connectivity index (χ1v) is 27.1. The van der Waals surface area contributed by atoms with Crippen LogP contribution in [0.3, 0.4) is 0 Å². The van der Waals surface area contributed by atoms with Crippen LogP contribution in [-0.2, 0) is 19.1 Å². The average Bonchev–Trinajstić information content (AvgIpc) is 3.32. The van der Waals surface area contributed by atoms with Gasteiger partial charge >= 0.3 is 11.9 Å². The van der Waals surface area contributed by atoms with Crippen LogP contribution in [0.5, 0.6) is 0 Å². The molecule has 0 aliphatic rings. The fraction of sp³-hybridized carbons (Fsp3) is 0.639. The van der Waals surface area contributed by atoms with Crippen molar-refractivity contribution in [2.75, 3.05) is 13.2 Å². The molecule has 0 rings (SSSR count). The van der Waals surface area contributed by atoms with E-state index < -0.39 is 6.10 Å². The van der Waals surface area contributed by atoms with E-state index in [-0.39, 0.29) is 25.2 Å². The largest absolute Gasteiger partial charge is 0.462 e. The summed E-state index contributed by atoms with van der Waals surface area (Å²) in [4.78, 5) is 24.5. The third-order valence-corrected chi connectivity index (χ3v) is 11.2. The number of ether oxygens (including phenoxy) is 2. The van der Waals surface area contributed by atoms with Crippen LogP contribution in [0.2, 0.25) is 0 Å². The maximum absolute atomic E-state index is 12.3. The van der Waals surface area contributed by atoms with Crippen molar-refractivity contribution in [3.05, 3.63) is 122 Å². The molecule has 0 radical (unpaired) electrons. The predicted molar refractivity (Wildman–Crippen MR) is 288 cm³/mol. The second kappa shape index (κ2) is 55.6. The highest BCUT2D eigenvalue weighted by atomic mass is 16.6. The maximum Gasteiger partial charge on any atom is 0.306 e. The Morgan fingerprint density at radius 1 is 0.364 bits per heavy atom. The van der Waals surface area contributed by atoms with Crippen molar-refractivity contribution in [3.8, 4) is 0 Å². The Morgan fingerprint density at radius 2 is 0.652 bits per heavy atom. The highest BCUT2D eigenvalue weighted by molar-refractivity contribution is 5.70. The Kier molecular flexibility index (Phi) is 52.5. The van der Waals surface area contributed by atoms with Gasteiger partial charge in [-0.1, -0.05) is 232 Å². The normalized spacial score (nSPS) is 13.2. The van der Waals surface area contributed by atoms with Crippen LogP contribution in [0, 0.1) is 0 Å². The van der Waals surface area contributed by atoms with Gasteiger partial charge in [0.25, 0.3) is 0 Å². The molecule has 1 N–H and O–H groups in total. The lowest BCUT2D eigenvalue weighted by atomic mass is 10.0. The van der Waals surface area contributed by atoms with Crippen LogP contribution in [0.15, 0.2) is 122 Å². The van der Waals surface area contributed by atoms with E-state index in [0.29, 0.717) is 12.8 Å². The minimum Gasteiger partial charge on any atom is -0.462 e. The quantitative estimate of drug-likeness (QED) is 0.0374. The van der Waals surface area contributed by atoms with Crippen molar-refractivity contribution in [2.45, 2.75) is 238 Å². The van der Waals surface area contributed by atoms with Gasteiger partial charge < -0.3 is 14.6 Å². The van der Waals surface area contributed by atoms with Crippen LogP contribution in [-0.4, -0.2) is 36.4 Å². The Labute approximate surface area is 407 Å². The zero-order chi connectivity index (χ0) is 47.7. The summed E-state index contributed by atoms with van der Waals surface area (Å²) in [5.74, 6) is -0.627. The monoisotopic (exact) mass is 913 g/mol. The van der Waals surface area contributed by atoms with E-state index in [1.54, 1.807) is 0 Å². The summed E-state index contributed by atoms with van der Waals surface area (Å²) in [6.07, 6.45) is 81.5. The number of carbonyl (C=O) groups is 2. The summed E-state index contributed by atoms with van der Waals surface area (Å²) in [7, 11) is 0. The summed E-state index contributed by atoms with van der Waals surface area (Å²) >= 11 is 0. The first-order valence-electron chi connectivity index (χ1n) is 27.1. The fourth-order valence-corrected chi connectivity index (χ4v) is 7.19. The van der Waals surface area contributed by atoms with Gasteiger partial charge in [0.05, 0.1) is 6.61 Å². The molecule has 0 amide bonds. The molecule has 0 bridgehead atoms. The van der Waals surface area contributed by atoms with Gasteiger partial charge in [0.15, 0.2) is 6.10 Å². The van der Waals surface area contributed by atoms with Gasteiger partial charge in [-0.2, -0.15) is 0 Å². The first kappa shape index (κ1) is 62.3. The van der Waals surface area contributed by atoms with E-state index in [2.05, 4.69) is 135 Å². The van der Waals surface area contributed by atoms with E-state index in [0.717, 1.165) is 109 Å². The molecule has 66 heavy (non-hydrogen) atoms. The molecule has 0 aliphatic carbocycles. The summed E-state index contributed by atoms with van der Waals surface area (Å²) in [6.45, 7) is 3.99. The molecule has 5 heteroatoms. The molecule has 0 aromatic rings. The van der Waals surface area contributed by atoms with Gasteiger partial charge in [0.2, 0.25) is 0 Å². The van der Waals surface area contributed by atoms with Gasteiger partial charge in [-0.25, -0.2) is 0 Å². The number of esters is 2. The molecule has 1 unspecified atom stereocenters. The summed E-state index contributed by atoms with van der Waals surface area (Å²) in [5, 5.41) is 9.64. The molecule has 0 saturated carbocycles. The Morgan fingerprint density at radius 3 is 0.985 bits per heavy atom. The van der Waals surface area contributed by atoms with Crippen LogP contribution in [0.25, 0.3) is 0 Å². The van der Waals surface area contributed by atoms with Crippen LogP contribution in [0.4, 0.5) is 0 Å². The smallest absolute Gasteiger partial charge is 0.306 e. The van der Waals surface area contributed by atoms with Gasteiger partial charge in [0.1, 0.15) is 6.61 Å². The average molecular weight is 913 g/mol. The van der Waals surface area contributed by atoms with Crippen molar-refractivity contribution in [3.63, 3.8) is 0 Å². The molecule has 0 fully saturated rings. The third-order valence-electron chi connectivity index (χ3n) is 11.2. The molecule has 0 heterocycles. The van der Waals surface area contributed by atoms with E-state index in [1.807, 2.05) is 0 Å². The van der Waals surface area contributed by atoms with Gasteiger partial charge in [-0.05, 0) is 109 Å². The minimum absolute atomic E-state index is 0.0846. The summed E-state index contributed by atoms with van der Waals surface area (Å²) < 4.78 is 10.7. The fourth-order valence-electron chi connectivity index (χ4n) is 7.19. The molecule has 0 spiro atoms. The summed E-state index contributed by atoms with van der Waals surface area (Å²) in [6, 6.07) is 0. The number of allylic oxidation sites excluding steroid dienone is 20. The van der Waals surface area contributed by atoms with Crippen LogP contribution in [0.1, 0.15) is 232 Å². The highest BCUT2D eigenvalue weighted by Crippen LogP contribution is 2.14. The topological polar surface area (TPSA) is 72.8 Å². The standard InChI is InChI=1S/C61H100O5/c1-3-5-7-9-11-13-15-17-19-21-23-25-27-28-29-30-31-32-34-36-38-40-42-44-46-48-50-52-54-56-61(64)66-59(57-62)58-65-60(63)55-53-51-49-47-45-43-41-39-37-35-33-26-24-22-20-18-16-14-12-10-8-6-4-2/h5,7,11,13,16-19,22-25,28-29,31-32,36,38,42,44,59,62H,3-4,6,8-10,12,14-15,20-21,26-27,30,33-35,37,39-41,43,45-58H2,1-2H3/b7-5-,13-11-,18-16-,19-17-,24-22-,25-23-,29-28-,32-31-,38-36-,44-42-. The van der Waals surface area contributed by atoms with Crippen LogP contribution < -0.4 is 0 Å². The third kappa shape index (κ3) is 52.9. The Balaban J connectivity index is 3.62. The van der Waals surface area contributed by atoms with Gasteiger partial charge in [-0.3, -0.25) is 9.59 Å². The van der Waals surface area contributed by atoms with E-state index in [4.69, 9.17) is 9.47 Å². The van der Waals surface area contributed by atoms with Crippen molar-refractivity contribution in [1.29, 1.82) is 0 Å². The molecule has 0 saturated heterocycles. The number of unbranched alkanes of at least 4 members (excludes halogenated alkanes) is 20. The van der Waals surface area contributed by atoms with Crippen molar-refractivity contribution < 1.29 is 24.2 Å². The lowest BCUT2D eigenvalue weighted by Gasteiger charge is -2.15. The molecule has 0 aromatic heterocycles. The number of hydrogen-bond donors (Lipinski definition) is 1. The van der Waals surface area contributed by atoms with Gasteiger partial charge in [0, 0.05) is 12.8 Å². The summed E-state index contributed by atoms with van der Waals surface area (Å²) in [5.41, 5.74) is 0. The molecule has 0 aromatic carbocycles. The van der Waals surface area contributed by atoms with Gasteiger partial charge in [-0.15, -0.1) is 0 Å². The van der Waals surface area contributed by atoms with Crippen molar-refractivity contribution >= 4 is 11.9 Å². The van der Waals surface area contributed by atoms with E-state index in [9.17, 15) is 14.7 Å². The first-order chi connectivity index (χ1) is 32.6. The zero-order valence-corrected chi connectivity index (χ0v) is 42.7. The predicted octanol–water partition coefficient (Wildman–Crippen LogP) is 18.3. The SMILES string of the molecule is CC/C=C\C/C=C\C/C=C\C/C=C\C/C=C\C/C=C\C/C=C\C/C=C\CCCCCCC(=O)OC(CO)COC(=O)CCCCCCCCCCCCC/C=C\C/C=C\CCCCCCC. The number of hydrogen-bond acceptors (Lipinski definition) is 5. The molecular formula is C61H100O5. The number of rotatable bonds is 48. The number of carbonyl (C=O) groups excluding carboxylic acids is 2. The second-order valence-corrected chi connectivity index (χ2v) is 17.6. The molecule has 0 aliphatic heterocycles. The molecule has 1 atom stereocenters. The van der Waals surface area contributed by atoms with Crippen LogP contribution >= 0.6 is 0 Å². The van der Waals surface area contributed by atoms with Crippen molar-refractivity contribution in [2.24, 2.45) is 0 Å². The number of aliphatic hydroxyl groups is 1. The van der Waals surface area contributed by atoms with E-state index >= 15 is 0 Å². The molecule has 5 nitrogen and oxygen atoms in total. The molecular weight excluding hydrogens is 813 g/mol. The Hall–Kier alpha value is -3.70. The minimum atomic E-state index is -0.796. The lowest BCUT2D eigenvalue weighted by molar-refractivity contribution is -0.161. The maximum atomic E-state index is 12.3. The van der Waals surface area contributed by atoms with E-state index in [1.165, 1.54) is 96.3 Å². The zero-order valence-electron chi connectivity index (χ0n) is 42.7. The second-order valence-electron chi connectivity index (χ2n) is 17.6. The molecule has 374 valence electrons. The Bertz CT molecular complexity index is 1350.